The molecule has 0 aliphatic heterocycles. The summed E-state index contributed by atoms with van der Waals surface area (Å²) in [5, 5.41) is 7.75. The maximum atomic E-state index is 12.2. The zero-order chi connectivity index (χ0) is 26.5. The van der Waals surface area contributed by atoms with Gasteiger partial charge in [-0.15, -0.1) is 0 Å². The summed E-state index contributed by atoms with van der Waals surface area (Å²) in [5.74, 6) is -0.379. The standard InChI is InChI=1S/C29H30N4O4/c1-19-8-6-11-25(16-19)33-29(37-20(2)34)27(21-12-14-23(15-13-21)30-26(35)18-36-5)28(31-33)22-9-7-10-24(17-22)32(3)4/h6-17H,18H2,1-5H3,(H,30,35). The molecule has 4 rings (SSSR count). The minimum Gasteiger partial charge on any atom is -0.407 e. The fourth-order valence-electron chi connectivity index (χ4n) is 4.01. The van der Waals surface area contributed by atoms with Crippen molar-refractivity contribution in [2.24, 2.45) is 0 Å². The van der Waals surface area contributed by atoms with E-state index in [9.17, 15) is 9.59 Å². The molecule has 0 aliphatic rings. The number of methoxy groups -OCH3 is 1. The van der Waals surface area contributed by atoms with Crippen LogP contribution in [0.1, 0.15) is 12.5 Å². The fraction of sp³-hybridized carbons (Fsp3) is 0.207. The SMILES string of the molecule is COCC(=O)Nc1ccc(-c2c(-c3cccc(N(C)C)c3)nn(-c3cccc(C)c3)c2OC(C)=O)cc1. The number of hydrogen-bond donors (Lipinski definition) is 1. The second-order valence-corrected chi connectivity index (χ2v) is 8.88. The van der Waals surface area contributed by atoms with Crippen LogP contribution >= 0.6 is 0 Å². The number of anilines is 2. The van der Waals surface area contributed by atoms with E-state index >= 15 is 0 Å². The van der Waals surface area contributed by atoms with E-state index < -0.39 is 5.97 Å². The van der Waals surface area contributed by atoms with Gasteiger partial charge in [-0.3, -0.25) is 9.59 Å². The number of aryl methyl sites for hydroxylation is 1. The van der Waals surface area contributed by atoms with Gasteiger partial charge in [0.05, 0.1) is 11.3 Å². The third kappa shape index (κ3) is 5.87. The maximum Gasteiger partial charge on any atom is 0.309 e. The van der Waals surface area contributed by atoms with Gasteiger partial charge in [-0.25, -0.2) is 0 Å². The van der Waals surface area contributed by atoms with Gasteiger partial charge in [0.2, 0.25) is 11.8 Å². The molecule has 3 aromatic carbocycles. The first-order valence-corrected chi connectivity index (χ1v) is 11.8. The van der Waals surface area contributed by atoms with E-state index in [2.05, 4.69) is 5.32 Å². The van der Waals surface area contributed by atoms with Gasteiger partial charge in [-0.05, 0) is 54.4 Å². The Morgan fingerprint density at radius 3 is 2.35 bits per heavy atom. The number of esters is 1. The van der Waals surface area contributed by atoms with Crippen molar-refractivity contribution < 1.29 is 19.1 Å². The predicted octanol–water partition coefficient (Wildman–Crippen LogP) is 5.09. The molecule has 0 aliphatic carbocycles. The van der Waals surface area contributed by atoms with Crippen molar-refractivity contribution in [3.8, 4) is 34.0 Å². The largest absolute Gasteiger partial charge is 0.407 e. The van der Waals surface area contributed by atoms with Crippen molar-refractivity contribution in [3.63, 3.8) is 0 Å². The van der Waals surface area contributed by atoms with Crippen molar-refractivity contribution >= 4 is 23.3 Å². The Kier molecular flexibility index (Phi) is 7.69. The lowest BCUT2D eigenvalue weighted by atomic mass is 10.0. The minimum atomic E-state index is -0.452. The number of carbonyl (C=O) groups is 2. The Labute approximate surface area is 216 Å². The summed E-state index contributed by atoms with van der Waals surface area (Å²) in [4.78, 5) is 26.2. The third-order valence-corrected chi connectivity index (χ3v) is 5.70. The fourth-order valence-corrected chi connectivity index (χ4v) is 4.01. The van der Waals surface area contributed by atoms with Gasteiger partial charge in [0.25, 0.3) is 0 Å². The molecule has 1 aromatic heterocycles. The molecule has 4 aromatic rings. The number of carbonyl (C=O) groups excluding carboxylic acids is 2. The molecule has 0 spiro atoms. The summed E-state index contributed by atoms with van der Waals surface area (Å²) < 4.78 is 12.3. The Balaban J connectivity index is 1.93. The van der Waals surface area contributed by atoms with Crippen molar-refractivity contribution in [3.05, 3.63) is 78.4 Å². The number of nitrogens with one attached hydrogen (secondary N) is 1. The second-order valence-electron chi connectivity index (χ2n) is 8.88. The van der Waals surface area contributed by atoms with E-state index in [1.807, 2.05) is 86.6 Å². The molecule has 0 bridgehead atoms. The van der Waals surface area contributed by atoms with Gasteiger partial charge in [-0.1, -0.05) is 36.4 Å². The lowest BCUT2D eigenvalue weighted by Gasteiger charge is -2.13. The van der Waals surface area contributed by atoms with Gasteiger partial charge in [-0.2, -0.15) is 9.78 Å². The Hall–Kier alpha value is -4.43. The lowest BCUT2D eigenvalue weighted by Crippen LogP contribution is -2.16. The topological polar surface area (TPSA) is 85.7 Å². The molecule has 0 radical (unpaired) electrons. The second kappa shape index (κ2) is 11.1. The highest BCUT2D eigenvalue weighted by atomic mass is 16.5. The molecule has 0 saturated heterocycles. The Morgan fingerprint density at radius 1 is 0.973 bits per heavy atom. The van der Waals surface area contributed by atoms with Gasteiger partial charge in [0, 0.05) is 45.1 Å². The van der Waals surface area contributed by atoms with Crippen LogP contribution in [0.15, 0.2) is 72.8 Å². The third-order valence-electron chi connectivity index (χ3n) is 5.70. The van der Waals surface area contributed by atoms with Crippen LogP contribution in [-0.4, -0.2) is 49.5 Å². The highest BCUT2D eigenvalue weighted by molar-refractivity contribution is 5.93. The van der Waals surface area contributed by atoms with Crippen molar-refractivity contribution in [2.45, 2.75) is 13.8 Å². The summed E-state index contributed by atoms with van der Waals surface area (Å²) in [5.41, 5.74) is 6.45. The molecule has 0 unspecified atom stereocenters. The first-order valence-electron chi connectivity index (χ1n) is 11.8. The van der Waals surface area contributed by atoms with Crippen molar-refractivity contribution in [2.75, 3.05) is 38.0 Å². The van der Waals surface area contributed by atoms with Crippen LogP contribution in [-0.2, 0) is 14.3 Å². The Bertz CT molecular complexity index is 1420. The number of nitrogens with zero attached hydrogens (tertiary/aromatic N) is 3. The first kappa shape index (κ1) is 25.7. The smallest absolute Gasteiger partial charge is 0.309 e. The van der Waals surface area contributed by atoms with Crippen LogP contribution in [0.4, 0.5) is 11.4 Å². The zero-order valence-electron chi connectivity index (χ0n) is 21.6. The van der Waals surface area contributed by atoms with E-state index in [0.717, 1.165) is 28.1 Å². The van der Waals surface area contributed by atoms with Crippen LogP contribution in [0.5, 0.6) is 5.88 Å². The van der Waals surface area contributed by atoms with Gasteiger partial charge in [0.15, 0.2) is 0 Å². The predicted molar refractivity (Wildman–Crippen MR) is 145 cm³/mol. The molecule has 1 N–H and O–H groups in total. The Morgan fingerprint density at radius 2 is 1.70 bits per heavy atom. The van der Waals surface area contributed by atoms with Crippen LogP contribution < -0.4 is 15.0 Å². The monoisotopic (exact) mass is 498 g/mol. The summed E-state index contributed by atoms with van der Waals surface area (Å²) in [7, 11) is 5.43. The number of ether oxygens (including phenoxy) is 2. The molecule has 0 fully saturated rings. The van der Waals surface area contributed by atoms with E-state index in [1.54, 1.807) is 16.8 Å². The molecular formula is C29H30N4O4. The molecule has 1 heterocycles. The van der Waals surface area contributed by atoms with E-state index in [1.165, 1.54) is 14.0 Å². The molecule has 0 saturated carbocycles. The number of aromatic nitrogens is 2. The van der Waals surface area contributed by atoms with E-state index in [0.29, 0.717) is 22.8 Å². The minimum absolute atomic E-state index is 0.0338. The number of amides is 1. The van der Waals surface area contributed by atoms with Crippen LogP contribution in [0.3, 0.4) is 0 Å². The number of benzene rings is 3. The highest BCUT2D eigenvalue weighted by Crippen LogP contribution is 2.41. The molecule has 190 valence electrons. The molecule has 0 atom stereocenters. The van der Waals surface area contributed by atoms with Crippen LogP contribution in [0.25, 0.3) is 28.1 Å². The zero-order valence-corrected chi connectivity index (χ0v) is 21.6. The molecule has 37 heavy (non-hydrogen) atoms. The average molecular weight is 499 g/mol. The lowest BCUT2D eigenvalue weighted by molar-refractivity contribution is -0.132. The summed E-state index contributed by atoms with van der Waals surface area (Å²) in [6.07, 6.45) is 0. The molecular weight excluding hydrogens is 468 g/mol. The maximum absolute atomic E-state index is 12.2. The highest BCUT2D eigenvalue weighted by Gasteiger charge is 2.25. The average Bonchev–Trinajstić information content (AvgIpc) is 3.23. The van der Waals surface area contributed by atoms with E-state index in [4.69, 9.17) is 14.6 Å². The van der Waals surface area contributed by atoms with E-state index in [-0.39, 0.29) is 12.5 Å². The quantitative estimate of drug-likeness (QED) is 0.341. The normalized spacial score (nSPS) is 10.7. The molecule has 8 heteroatoms. The molecule has 8 nitrogen and oxygen atoms in total. The summed E-state index contributed by atoms with van der Waals surface area (Å²) in [6, 6.07) is 23.2. The van der Waals surface area contributed by atoms with Crippen molar-refractivity contribution in [1.82, 2.24) is 9.78 Å². The van der Waals surface area contributed by atoms with Crippen LogP contribution in [0.2, 0.25) is 0 Å². The van der Waals surface area contributed by atoms with Gasteiger partial charge < -0.3 is 19.7 Å². The number of hydrogen-bond acceptors (Lipinski definition) is 6. The van der Waals surface area contributed by atoms with Gasteiger partial charge in [0.1, 0.15) is 12.3 Å². The molecule has 1 amide bonds. The number of rotatable bonds is 8. The first-order chi connectivity index (χ1) is 17.8. The van der Waals surface area contributed by atoms with Crippen LogP contribution in [0, 0.1) is 6.92 Å². The van der Waals surface area contributed by atoms with Crippen molar-refractivity contribution in [1.29, 1.82) is 0 Å². The van der Waals surface area contributed by atoms with Gasteiger partial charge >= 0.3 is 5.97 Å². The summed E-state index contributed by atoms with van der Waals surface area (Å²) >= 11 is 0. The summed E-state index contributed by atoms with van der Waals surface area (Å²) in [6.45, 7) is 3.34.